The molecule has 0 fully saturated rings. The summed E-state index contributed by atoms with van der Waals surface area (Å²) in [5.74, 6) is 0. The molecule has 2 heterocycles. The Morgan fingerprint density at radius 2 is 2.12 bits per heavy atom. The highest BCUT2D eigenvalue weighted by Gasteiger charge is 2.11. The molecule has 2 aromatic rings. The lowest BCUT2D eigenvalue weighted by molar-refractivity contribution is 0.692. The van der Waals surface area contributed by atoms with Crippen molar-refractivity contribution in [3.8, 4) is 0 Å². The van der Waals surface area contributed by atoms with E-state index in [2.05, 4.69) is 26.0 Å². The van der Waals surface area contributed by atoms with E-state index in [0.29, 0.717) is 5.69 Å². The fraction of sp³-hybridized carbons (Fsp3) is 0.273. The fourth-order valence-electron chi connectivity index (χ4n) is 1.42. The van der Waals surface area contributed by atoms with Gasteiger partial charge in [0.05, 0.1) is 22.1 Å². The topological polar surface area (TPSA) is 56.7 Å². The second kappa shape index (κ2) is 4.70. The van der Waals surface area contributed by atoms with Gasteiger partial charge in [-0.15, -0.1) is 0 Å². The van der Waals surface area contributed by atoms with Crippen LogP contribution >= 0.6 is 27.7 Å². The molecule has 0 atom stereocenters. The van der Waals surface area contributed by atoms with E-state index in [-0.39, 0.29) is 0 Å². The number of nitrogens with two attached hydrogens (primary N) is 1. The summed E-state index contributed by atoms with van der Waals surface area (Å²) >= 11 is 5.10. The Balaban J connectivity index is 2.37. The Hall–Kier alpha value is -1.01. The molecule has 2 aromatic heterocycles. The zero-order valence-corrected chi connectivity index (χ0v) is 12.3. The first-order chi connectivity index (χ1) is 7.99. The van der Waals surface area contributed by atoms with Crippen molar-refractivity contribution in [3.05, 3.63) is 28.0 Å². The smallest absolute Gasteiger partial charge is 0.117 e. The number of halogens is 1. The molecule has 0 bridgehead atoms. The van der Waals surface area contributed by atoms with Gasteiger partial charge in [-0.1, -0.05) is 0 Å². The Bertz CT molecular complexity index is 565. The van der Waals surface area contributed by atoms with Gasteiger partial charge < -0.3 is 5.73 Å². The van der Waals surface area contributed by atoms with E-state index in [1.165, 1.54) is 0 Å². The number of rotatable bonds is 2. The van der Waals surface area contributed by atoms with E-state index in [1.807, 2.05) is 31.6 Å². The first kappa shape index (κ1) is 12.4. The zero-order valence-electron chi connectivity index (χ0n) is 9.86. The van der Waals surface area contributed by atoms with Crippen LogP contribution in [0.2, 0.25) is 0 Å². The number of aromatic nitrogens is 3. The van der Waals surface area contributed by atoms with Crippen molar-refractivity contribution in [1.29, 1.82) is 0 Å². The number of hydrogen-bond donors (Lipinski definition) is 1. The van der Waals surface area contributed by atoms with Gasteiger partial charge in [0, 0.05) is 7.05 Å². The van der Waals surface area contributed by atoms with Crippen LogP contribution in [0.5, 0.6) is 0 Å². The first-order valence-electron chi connectivity index (χ1n) is 5.08. The zero-order chi connectivity index (χ0) is 12.6. The standard InChI is InChI=1S/C11H13BrN4S/c1-6-4-9(16(3)15-6)17-11-10(12)7(2)8(13)5-14-11/h4-5H,13H2,1-3H3. The third kappa shape index (κ3) is 2.47. The van der Waals surface area contributed by atoms with Crippen molar-refractivity contribution in [3.63, 3.8) is 0 Å². The first-order valence-corrected chi connectivity index (χ1v) is 6.69. The Morgan fingerprint density at radius 1 is 1.41 bits per heavy atom. The van der Waals surface area contributed by atoms with Crippen LogP contribution in [0.4, 0.5) is 5.69 Å². The van der Waals surface area contributed by atoms with Gasteiger partial charge in [0.2, 0.25) is 0 Å². The van der Waals surface area contributed by atoms with Crippen molar-refractivity contribution in [2.75, 3.05) is 5.73 Å². The van der Waals surface area contributed by atoms with Crippen LogP contribution < -0.4 is 5.73 Å². The van der Waals surface area contributed by atoms with Crippen LogP contribution in [0.1, 0.15) is 11.3 Å². The minimum absolute atomic E-state index is 0.697. The van der Waals surface area contributed by atoms with Crippen molar-refractivity contribution < 1.29 is 0 Å². The highest BCUT2D eigenvalue weighted by molar-refractivity contribution is 9.10. The van der Waals surface area contributed by atoms with Crippen LogP contribution in [0.25, 0.3) is 0 Å². The highest BCUT2D eigenvalue weighted by Crippen LogP contribution is 2.35. The van der Waals surface area contributed by atoms with E-state index in [1.54, 1.807) is 18.0 Å². The van der Waals surface area contributed by atoms with Crippen LogP contribution in [-0.4, -0.2) is 14.8 Å². The highest BCUT2D eigenvalue weighted by atomic mass is 79.9. The largest absolute Gasteiger partial charge is 0.397 e. The number of pyridine rings is 1. The fourth-order valence-corrected chi connectivity index (χ4v) is 2.94. The molecule has 2 N–H and O–H groups in total. The molecule has 0 saturated carbocycles. The average molecular weight is 313 g/mol. The molecule has 17 heavy (non-hydrogen) atoms. The lowest BCUT2D eigenvalue weighted by Gasteiger charge is -2.07. The molecule has 0 spiro atoms. The van der Waals surface area contributed by atoms with E-state index in [9.17, 15) is 0 Å². The summed E-state index contributed by atoms with van der Waals surface area (Å²) in [5, 5.41) is 6.26. The van der Waals surface area contributed by atoms with E-state index >= 15 is 0 Å². The molecule has 0 aliphatic rings. The Morgan fingerprint density at radius 3 is 2.71 bits per heavy atom. The maximum absolute atomic E-state index is 5.80. The second-order valence-electron chi connectivity index (χ2n) is 3.81. The molecule has 0 amide bonds. The van der Waals surface area contributed by atoms with E-state index in [0.717, 1.165) is 25.8 Å². The van der Waals surface area contributed by atoms with Gasteiger partial charge in [0.1, 0.15) is 10.1 Å². The van der Waals surface area contributed by atoms with Gasteiger partial charge in [0.15, 0.2) is 0 Å². The summed E-state index contributed by atoms with van der Waals surface area (Å²) in [7, 11) is 1.92. The van der Waals surface area contributed by atoms with Gasteiger partial charge in [-0.25, -0.2) is 4.98 Å². The number of anilines is 1. The quantitative estimate of drug-likeness (QED) is 0.926. The van der Waals surface area contributed by atoms with Gasteiger partial charge in [0.25, 0.3) is 0 Å². The van der Waals surface area contributed by atoms with E-state index in [4.69, 9.17) is 5.73 Å². The summed E-state index contributed by atoms with van der Waals surface area (Å²) in [5.41, 5.74) is 8.51. The predicted molar refractivity (Wildman–Crippen MR) is 73.2 cm³/mol. The lowest BCUT2D eigenvalue weighted by Crippen LogP contribution is -1.96. The van der Waals surface area contributed by atoms with Crippen LogP contribution in [0.3, 0.4) is 0 Å². The van der Waals surface area contributed by atoms with E-state index < -0.39 is 0 Å². The van der Waals surface area contributed by atoms with Crippen molar-refractivity contribution in [2.45, 2.75) is 23.9 Å². The lowest BCUT2D eigenvalue weighted by atomic mass is 10.3. The summed E-state index contributed by atoms with van der Waals surface area (Å²) < 4.78 is 2.79. The number of nitrogen functional groups attached to an aromatic ring is 1. The summed E-state index contributed by atoms with van der Waals surface area (Å²) in [4.78, 5) is 4.33. The number of hydrogen-bond acceptors (Lipinski definition) is 4. The number of aryl methyl sites for hydroxylation is 2. The maximum atomic E-state index is 5.80. The molecule has 0 radical (unpaired) electrons. The average Bonchev–Trinajstić information content (AvgIpc) is 2.58. The SMILES string of the molecule is Cc1cc(Sc2ncc(N)c(C)c2Br)n(C)n1. The van der Waals surface area contributed by atoms with Gasteiger partial charge >= 0.3 is 0 Å². The second-order valence-corrected chi connectivity index (χ2v) is 5.61. The van der Waals surface area contributed by atoms with Crippen molar-refractivity contribution in [1.82, 2.24) is 14.8 Å². The minimum Gasteiger partial charge on any atom is -0.397 e. The molecule has 6 heteroatoms. The molecular formula is C11H13BrN4S. The molecule has 90 valence electrons. The van der Waals surface area contributed by atoms with Crippen LogP contribution in [0, 0.1) is 13.8 Å². The third-order valence-electron chi connectivity index (χ3n) is 2.43. The number of nitrogens with zero attached hydrogens (tertiary/aromatic N) is 3. The molecule has 4 nitrogen and oxygen atoms in total. The summed E-state index contributed by atoms with van der Waals surface area (Å²) in [6, 6.07) is 2.03. The van der Waals surface area contributed by atoms with Crippen molar-refractivity contribution in [2.24, 2.45) is 7.05 Å². The molecule has 0 aromatic carbocycles. The Labute approximate surface area is 113 Å². The molecular weight excluding hydrogens is 300 g/mol. The monoisotopic (exact) mass is 312 g/mol. The predicted octanol–water partition coefficient (Wildman–Crippen LogP) is 2.93. The van der Waals surface area contributed by atoms with Crippen LogP contribution in [-0.2, 0) is 7.05 Å². The minimum atomic E-state index is 0.697. The van der Waals surface area contributed by atoms with Gasteiger partial charge in [-0.2, -0.15) is 5.10 Å². The molecule has 0 aliphatic heterocycles. The molecule has 0 saturated heterocycles. The van der Waals surface area contributed by atoms with Gasteiger partial charge in [-0.3, -0.25) is 4.68 Å². The van der Waals surface area contributed by atoms with Crippen molar-refractivity contribution >= 4 is 33.4 Å². The Kier molecular flexibility index (Phi) is 3.44. The summed E-state index contributed by atoms with van der Waals surface area (Å²) in [6.45, 7) is 3.94. The molecule has 0 unspecified atom stereocenters. The third-order valence-corrected chi connectivity index (χ3v) is 4.76. The molecule has 0 aliphatic carbocycles. The van der Waals surface area contributed by atoms with Gasteiger partial charge in [-0.05, 0) is 53.2 Å². The van der Waals surface area contributed by atoms with Crippen LogP contribution in [0.15, 0.2) is 26.8 Å². The molecule has 2 rings (SSSR count). The maximum Gasteiger partial charge on any atom is 0.117 e. The summed E-state index contributed by atoms with van der Waals surface area (Å²) in [6.07, 6.45) is 1.69. The normalized spacial score (nSPS) is 10.8.